The Labute approximate surface area is 566 Å². The minimum Gasteiger partial charge on any atom is -0.394 e. The number of aliphatic hydroxyl groups is 2. The Hall–Kier alpha value is -7.89. The van der Waals surface area contributed by atoms with Crippen LogP contribution < -0.4 is 16.0 Å². The number of hydrogen-bond donors (Lipinski definition) is 8. The maximum Gasteiger partial charge on any atom is 0.272 e. The Morgan fingerprint density at radius 1 is 0.436 bits per heavy atom. The number of carbonyl (C=O) groups is 3. The highest BCUT2D eigenvalue weighted by Crippen LogP contribution is 2.37. The second-order valence-electron chi connectivity index (χ2n) is 24.9. The van der Waals surface area contributed by atoms with Crippen LogP contribution in [0.2, 0.25) is 15.1 Å². The van der Waals surface area contributed by atoms with E-state index in [1.807, 2.05) is 146 Å². The summed E-state index contributed by atoms with van der Waals surface area (Å²) in [5.41, 5.74) is 14.0. The number of carbonyl (C=O) groups excluding carboxylic acids is 3. The van der Waals surface area contributed by atoms with E-state index >= 15 is 0 Å². The Balaban J connectivity index is 0.000000154. The van der Waals surface area contributed by atoms with E-state index in [0.29, 0.717) is 29.6 Å². The Kier molecular flexibility index (Phi) is 25.7. The number of nitrogens with zero attached hydrogens (tertiary/aromatic N) is 3. The van der Waals surface area contributed by atoms with E-state index in [1.165, 1.54) is 23.1 Å². The van der Waals surface area contributed by atoms with Crippen molar-refractivity contribution in [3.63, 3.8) is 0 Å². The van der Waals surface area contributed by atoms with Crippen molar-refractivity contribution in [3.05, 3.63) is 263 Å². The molecule has 15 nitrogen and oxygen atoms in total. The summed E-state index contributed by atoms with van der Waals surface area (Å²) in [6, 6.07) is 51.7. The molecule has 0 radical (unpaired) electrons. The van der Waals surface area contributed by atoms with Crippen LogP contribution >= 0.6 is 34.8 Å². The number of benzene rings is 6. The summed E-state index contributed by atoms with van der Waals surface area (Å²) in [5.74, 6) is 0.179. The van der Waals surface area contributed by atoms with Crippen LogP contribution in [-0.2, 0) is 43.3 Å². The van der Waals surface area contributed by atoms with Crippen molar-refractivity contribution < 1.29 is 29.3 Å². The maximum atomic E-state index is 13.3. The quantitative estimate of drug-likeness (QED) is 0.0385. The fourth-order valence-corrected chi connectivity index (χ4v) is 14.2. The zero-order valence-corrected chi connectivity index (χ0v) is 55.7. The van der Waals surface area contributed by atoms with Crippen molar-refractivity contribution >= 4 is 52.5 Å². The lowest BCUT2D eigenvalue weighted by molar-refractivity contribution is 0.0887. The molecule has 3 aromatic heterocycles. The summed E-state index contributed by atoms with van der Waals surface area (Å²) in [6.07, 6.45) is 18.4. The molecule has 0 fully saturated rings. The van der Waals surface area contributed by atoms with E-state index in [4.69, 9.17) is 39.5 Å². The smallest absolute Gasteiger partial charge is 0.272 e. The normalized spacial score (nSPS) is 17.2. The third-order valence-corrected chi connectivity index (χ3v) is 19.0. The number of aromatic amines is 3. The number of aliphatic hydroxyl groups excluding tert-OH is 2. The molecule has 3 aliphatic rings. The molecule has 0 bridgehead atoms. The summed E-state index contributed by atoms with van der Waals surface area (Å²) in [4.78, 5) is 39.5. The average Bonchev–Trinajstić information content (AvgIpc) is 1.69. The van der Waals surface area contributed by atoms with E-state index in [9.17, 15) is 24.6 Å². The first-order valence-electron chi connectivity index (χ1n) is 33.2. The number of rotatable bonds is 19. The van der Waals surface area contributed by atoms with Gasteiger partial charge in [-0.15, -0.1) is 0 Å². The molecule has 492 valence electrons. The summed E-state index contributed by atoms with van der Waals surface area (Å²) < 4.78 is 5.37. The van der Waals surface area contributed by atoms with Crippen molar-refractivity contribution in [3.8, 4) is 0 Å². The topological polar surface area (TPSA) is 223 Å². The van der Waals surface area contributed by atoms with Crippen LogP contribution in [0, 0.1) is 0 Å². The van der Waals surface area contributed by atoms with Crippen molar-refractivity contribution in [2.75, 3.05) is 26.9 Å². The van der Waals surface area contributed by atoms with Crippen molar-refractivity contribution in [2.45, 2.75) is 151 Å². The predicted octanol–water partition coefficient (Wildman–Crippen LogP) is 15.6. The number of H-pyrrole nitrogens is 3. The summed E-state index contributed by atoms with van der Waals surface area (Å²) in [6.45, 7) is 0.0687. The SMILES string of the molecule is COC[C@H](NC(=O)c1n[nH]c2c1CCCCC[C@H]2Cc1cccc(Cl)c1)c1ccccc1.O=C(N[C@H](CO)c1ccccc1)c1n[nH]c2c1CCCCC[C@@H]2Cc1cccc(Cl)c1.O=C(N[C@H](CO)c1ccccc1)c1n[nH]c2c1CCCCC[C@H]2Cc1cccc(Cl)c1. The van der Waals surface area contributed by atoms with E-state index in [2.05, 4.69) is 64.7 Å². The number of halogens is 3. The highest BCUT2D eigenvalue weighted by atomic mass is 35.5. The third-order valence-electron chi connectivity index (χ3n) is 18.3. The maximum absolute atomic E-state index is 13.3. The Morgan fingerprint density at radius 2 is 0.745 bits per heavy atom. The van der Waals surface area contributed by atoms with Gasteiger partial charge >= 0.3 is 0 Å². The highest BCUT2D eigenvalue weighted by Gasteiger charge is 2.31. The monoisotopic (exact) mass is 1330 g/mol. The molecule has 6 atom stereocenters. The Morgan fingerprint density at radius 3 is 1.04 bits per heavy atom. The number of amides is 3. The van der Waals surface area contributed by atoms with Gasteiger partial charge in [0, 0.05) is 73.7 Å². The van der Waals surface area contributed by atoms with Crippen LogP contribution in [0.1, 0.15) is 212 Å². The Bertz CT molecular complexity index is 3700. The molecule has 0 saturated heterocycles. The summed E-state index contributed by atoms with van der Waals surface area (Å²) >= 11 is 18.6. The molecular formula is C76H86Cl3N9O6. The van der Waals surface area contributed by atoms with Gasteiger partial charge in [0.1, 0.15) is 0 Å². The highest BCUT2D eigenvalue weighted by molar-refractivity contribution is 6.31. The van der Waals surface area contributed by atoms with Gasteiger partial charge in [0.05, 0.1) is 37.9 Å². The molecule has 6 aromatic carbocycles. The zero-order valence-electron chi connectivity index (χ0n) is 53.4. The van der Waals surface area contributed by atoms with Gasteiger partial charge in [-0.05, 0) is 147 Å². The first-order chi connectivity index (χ1) is 46.0. The van der Waals surface area contributed by atoms with Gasteiger partial charge in [-0.1, -0.05) is 201 Å². The predicted molar refractivity (Wildman–Crippen MR) is 372 cm³/mol. The fourth-order valence-electron chi connectivity index (χ4n) is 13.6. The molecule has 12 rings (SSSR count). The van der Waals surface area contributed by atoms with Gasteiger partial charge in [0.2, 0.25) is 0 Å². The van der Waals surface area contributed by atoms with Crippen LogP contribution in [0.25, 0.3) is 0 Å². The van der Waals surface area contributed by atoms with Crippen molar-refractivity contribution in [1.82, 2.24) is 46.5 Å². The van der Waals surface area contributed by atoms with E-state index in [1.54, 1.807) is 7.11 Å². The lowest BCUT2D eigenvalue weighted by atomic mass is 9.85. The van der Waals surface area contributed by atoms with E-state index < -0.39 is 12.1 Å². The molecule has 9 aromatic rings. The van der Waals surface area contributed by atoms with Gasteiger partial charge in [0.15, 0.2) is 17.1 Å². The first-order valence-corrected chi connectivity index (χ1v) is 34.3. The number of methoxy groups -OCH3 is 1. The van der Waals surface area contributed by atoms with Crippen LogP contribution in [0.5, 0.6) is 0 Å². The van der Waals surface area contributed by atoms with Crippen LogP contribution in [0.3, 0.4) is 0 Å². The number of nitrogens with one attached hydrogen (secondary N) is 6. The molecule has 0 spiro atoms. The fraction of sp³-hybridized carbons (Fsp3) is 0.368. The molecule has 0 unspecified atom stereocenters. The van der Waals surface area contributed by atoms with E-state index in [0.717, 1.165) is 175 Å². The zero-order chi connectivity index (χ0) is 65.6. The molecule has 3 heterocycles. The molecular weight excluding hydrogens is 1240 g/mol. The van der Waals surface area contributed by atoms with Crippen LogP contribution in [-0.4, -0.2) is 85.5 Å². The molecule has 3 amide bonds. The number of fused-ring (bicyclic) bond motifs is 3. The number of aromatic nitrogens is 6. The van der Waals surface area contributed by atoms with Crippen molar-refractivity contribution in [2.24, 2.45) is 0 Å². The molecule has 18 heteroatoms. The molecule has 0 aliphatic heterocycles. The van der Waals surface area contributed by atoms with Crippen LogP contribution in [0.15, 0.2) is 164 Å². The molecule has 94 heavy (non-hydrogen) atoms. The summed E-state index contributed by atoms with van der Waals surface area (Å²) in [5, 5.41) is 53.9. The first kappa shape index (κ1) is 69.0. The summed E-state index contributed by atoms with van der Waals surface area (Å²) in [7, 11) is 1.65. The third kappa shape index (κ3) is 18.7. The van der Waals surface area contributed by atoms with Gasteiger partial charge in [-0.25, -0.2) is 0 Å². The minimum absolute atomic E-state index is 0.157. The van der Waals surface area contributed by atoms with Gasteiger partial charge in [0.25, 0.3) is 17.7 Å². The lowest BCUT2D eigenvalue weighted by Crippen LogP contribution is -2.32. The standard InChI is InChI=1S/C26H30ClN3O2.2C25H28ClN3O2/c1-32-17-23(19-10-4-2-5-11-19)28-26(31)25-22-14-7-3-6-12-20(24(22)29-30-25)15-18-9-8-13-21(27)16-18;2*26-20-12-7-8-17(15-20)14-19-11-5-2-6-13-21-23(19)28-29-24(21)25(31)27-22(16-30)18-9-3-1-4-10-18/h2,4-5,8-11,13,16,20,23H,3,6-7,12,14-15,17H2,1H3,(H,28,31)(H,29,30);2*1,3-4,7-10,12,15,19,22,30H,2,5-6,11,13-14,16H2,(H,27,31)(H,28,29)/t20-,23-;19-,22+;19-,22-/m001/s1. The number of hydrogen-bond acceptors (Lipinski definition) is 9. The second kappa shape index (κ2) is 35.0. The molecule has 8 N–H and O–H groups in total. The van der Waals surface area contributed by atoms with Gasteiger partial charge < -0.3 is 30.9 Å². The minimum atomic E-state index is -0.461. The van der Waals surface area contributed by atoms with Crippen LogP contribution in [0.4, 0.5) is 0 Å². The molecule has 3 aliphatic carbocycles. The van der Waals surface area contributed by atoms with Crippen molar-refractivity contribution in [1.29, 1.82) is 0 Å². The molecule has 0 saturated carbocycles. The number of ether oxygens (including phenoxy) is 1. The average molecular weight is 1330 g/mol. The second-order valence-corrected chi connectivity index (χ2v) is 26.2. The van der Waals surface area contributed by atoms with Gasteiger partial charge in [-0.3, -0.25) is 29.7 Å². The largest absolute Gasteiger partial charge is 0.394 e. The lowest BCUT2D eigenvalue weighted by Gasteiger charge is -2.21. The van der Waals surface area contributed by atoms with E-state index in [-0.39, 0.29) is 48.8 Å². The van der Waals surface area contributed by atoms with Gasteiger partial charge in [-0.2, -0.15) is 15.3 Å².